The third kappa shape index (κ3) is 7.85. The molecule has 3 N–H and O–H groups in total. The largest absolute Gasteiger partial charge is 0.387 e. The van der Waals surface area contributed by atoms with E-state index in [2.05, 4.69) is 37.3 Å². The normalized spacial score (nSPS) is 12.2. The summed E-state index contributed by atoms with van der Waals surface area (Å²) >= 11 is 0. The zero-order valence-corrected chi connectivity index (χ0v) is 23.2. The molecule has 0 amide bonds. The van der Waals surface area contributed by atoms with Crippen LogP contribution in [0.5, 0.6) is 0 Å². The highest BCUT2D eigenvalue weighted by atomic mass is 32.2. The van der Waals surface area contributed by atoms with Gasteiger partial charge in [0.2, 0.25) is 11.7 Å². The van der Waals surface area contributed by atoms with E-state index in [1.807, 2.05) is 36.4 Å². The monoisotopic (exact) mass is 569 g/mol. The molecule has 9 nitrogen and oxygen atoms in total. The van der Waals surface area contributed by atoms with Crippen LogP contribution in [0.4, 0.5) is 5.69 Å². The van der Waals surface area contributed by atoms with Crippen molar-refractivity contribution in [2.75, 3.05) is 17.8 Å². The number of nitrogens with one attached hydrogen (secondary N) is 2. The van der Waals surface area contributed by atoms with E-state index in [9.17, 15) is 13.5 Å². The second-order valence-electron chi connectivity index (χ2n) is 9.58. The van der Waals surface area contributed by atoms with Gasteiger partial charge in [-0.15, -0.1) is 0 Å². The fourth-order valence-electron chi connectivity index (χ4n) is 4.27. The van der Waals surface area contributed by atoms with Crippen molar-refractivity contribution in [2.24, 2.45) is 0 Å². The third-order valence-corrected chi connectivity index (χ3v) is 7.96. The number of aryl methyl sites for hydroxylation is 2. The van der Waals surface area contributed by atoms with E-state index in [0.717, 1.165) is 24.0 Å². The Balaban J connectivity index is 1.11. The first kappa shape index (κ1) is 28.2. The molecule has 1 atom stereocenters. The minimum atomic E-state index is -3.78. The topological polar surface area (TPSA) is 130 Å². The Morgan fingerprint density at radius 2 is 1.59 bits per heavy atom. The molecule has 0 saturated carbocycles. The maximum absolute atomic E-state index is 13.0. The molecule has 1 unspecified atom stereocenters. The predicted octanol–water partition coefficient (Wildman–Crippen LogP) is 4.58. The first-order valence-electron chi connectivity index (χ1n) is 13.3. The van der Waals surface area contributed by atoms with Gasteiger partial charge in [0.15, 0.2) is 0 Å². The number of rotatable bonds is 13. The maximum Gasteiger partial charge on any atom is 0.261 e. The lowest BCUT2D eigenvalue weighted by Crippen LogP contribution is -2.23. The van der Waals surface area contributed by atoms with Gasteiger partial charge in [-0.1, -0.05) is 53.7 Å². The lowest BCUT2D eigenvalue weighted by Gasteiger charge is -2.12. The van der Waals surface area contributed by atoms with Gasteiger partial charge >= 0.3 is 0 Å². The van der Waals surface area contributed by atoms with Crippen molar-refractivity contribution in [3.8, 4) is 11.4 Å². The molecular weight excluding hydrogens is 538 g/mol. The summed E-state index contributed by atoms with van der Waals surface area (Å²) in [6.45, 7) is 1.09. The average Bonchev–Trinajstić information content (AvgIpc) is 3.49. The molecule has 5 aromatic rings. The number of aliphatic hydroxyl groups is 1. The first-order chi connectivity index (χ1) is 20.0. The summed E-state index contributed by atoms with van der Waals surface area (Å²) in [4.78, 5) is 8.60. The van der Waals surface area contributed by atoms with Crippen molar-refractivity contribution < 1.29 is 18.0 Å². The molecule has 0 fully saturated rings. The highest BCUT2D eigenvalue weighted by Crippen LogP contribution is 2.22. The summed E-state index contributed by atoms with van der Waals surface area (Å²) in [6.07, 6.45) is 4.85. The molecule has 0 aliphatic heterocycles. The molecule has 0 aliphatic rings. The molecule has 41 heavy (non-hydrogen) atoms. The van der Waals surface area contributed by atoms with E-state index >= 15 is 0 Å². The minimum Gasteiger partial charge on any atom is -0.387 e. The third-order valence-electron chi connectivity index (χ3n) is 6.56. The van der Waals surface area contributed by atoms with Crippen LogP contribution in [0.1, 0.15) is 28.7 Å². The Labute approximate surface area is 239 Å². The quantitative estimate of drug-likeness (QED) is 0.176. The summed E-state index contributed by atoms with van der Waals surface area (Å²) in [5.41, 5.74) is 4.15. The van der Waals surface area contributed by atoms with Crippen molar-refractivity contribution in [3.05, 3.63) is 126 Å². The number of pyridine rings is 1. The molecule has 0 spiro atoms. The van der Waals surface area contributed by atoms with E-state index in [-0.39, 0.29) is 4.90 Å². The van der Waals surface area contributed by atoms with E-state index < -0.39 is 16.1 Å². The molecular formula is C31H31N5O4S. The Morgan fingerprint density at radius 3 is 2.32 bits per heavy atom. The van der Waals surface area contributed by atoms with Crippen LogP contribution in [0, 0.1) is 0 Å². The van der Waals surface area contributed by atoms with Crippen LogP contribution in [0.25, 0.3) is 11.4 Å². The molecule has 10 heteroatoms. The molecule has 5 rings (SSSR count). The van der Waals surface area contributed by atoms with Crippen molar-refractivity contribution in [1.82, 2.24) is 20.4 Å². The summed E-state index contributed by atoms with van der Waals surface area (Å²) in [5, 5.41) is 17.5. The molecule has 0 saturated heterocycles. The van der Waals surface area contributed by atoms with Gasteiger partial charge in [-0.2, -0.15) is 4.98 Å². The average molecular weight is 570 g/mol. The molecule has 0 aliphatic carbocycles. The summed E-state index contributed by atoms with van der Waals surface area (Å²) in [5.74, 6) is 0.949. The number of hydrogen-bond acceptors (Lipinski definition) is 8. The number of aliphatic hydroxyl groups excluding tert-OH is 1. The van der Waals surface area contributed by atoms with Gasteiger partial charge in [-0.25, -0.2) is 8.42 Å². The highest BCUT2D eigenvalue weighted by molar-refractivity contribution is 7.92. The molecule has 210 valence electrons. The van der Waals surface area contributed by atoms with Crippen LogP contribution >= 0.6 is 0 Å². The second-order valence-corrected chi connectivity index (χ2v) is 11.3. The molecule has 2 aromatic heterocycles. The zero-order valence-electron chi connectivity index (χ0n) is 22.3. The standard InChI is InChI=1S/C31H31N5O4S/c37-29(26-7-4-19-32-21-26)22-33-20-18-24-8-13-27(14-9-24)36-41(38,39)28-15-11-25(12-16-28)31-34-30(40-35-31)17-10-23-5-2-1-3-6-23/h1-9,11-16,19,21,29,33,36-37H,10,17-18,20,22H2. The Bertz CT molecular complexity index is 1630. The number of benzene rings is 3. The van der Waals surface area contributed by atoms with Crippen LogP contribution in [-0.2, 0) is 29.3 Å². The molecule has 0 bridgehead atoms. The fraction of sp³-hybridized carbons (Fsp3) is 0.194. The van der Waals surface area contributed by atoms with Gasteiger partial charge in [-0.05, 0) is 73.0 Å². The zero-order chi connectivity index (χ0) is 28.5. The van der Waals surface area contributed by atoms with E-state index in [1.165, 1.54) is 17.7 Å². The Hall–Kier alpha value is -4.38. The lowest BCUT2D eigenvalue weighted by molar-refractivity contribution is 0.174. The van der Waals surface area contributed by atoms with Gasteiger partial charge in [0.25, 0.3) is 10.0 Å². The first-order valence-corrected chi connectivity index (χ1v) is 14.8. The second kappa shape index (κ2) is 13.3. The Morgan fingerprint density at radius 1 is 0.829 bits per heavy atom. The number of nitrogens with zero attached hydrogens (tertiary/aromatic N) is 3. The van der Waals surface area contributed by atoms with Crippen LogP contribution in [-0.4, -0.2) is 41.7 Å². The molecule has 0 radical (unpaired) electrons. The van der Waals surface area contributed by atoms with Crippen molar-refractivity contribution >= 4 is 15.7 Å². The van der Waals surface area contributed by atoms with Gasteiger partial charge in [0.1, 0.15) is 0 Å². The summed E-state index contributed by atoms with van der Waals surface area (Å²) in [7, 11) is -3.78. The van der Waals surface area contributed by atoms with Gasteiger partial charge in [0, 0.05) is 42.2 Å². The minimum absolute atomic E-state index is 0.134. The summed E-state index contributed by atoms with van der Waals surface area (Å²) in [6, 6.07) is 27.3. The van der Waals surface area contributed by atoms with E-state index in [4.69, 9.17) is 4.52 Å². The number of hydrogen-bond donors (Lipinski definition) is 3. The Kier molecular flexibility index (Phi) is 9.15. The fourth-order valence-corrected chi connectivity index (χ4v) is 5.33. The van der Waals surface area contributed by atoms with E-state index in [0.29, 0.717) is 42.5 Å². The molecule has 3 aromatic carbocycles. The number of anilines is 1. The van der Waals surface area contributed by atoms with Crippen molar-refractivity contribution in [2.45, 2.75) is 30.3 Å². The van der Waals surface area contributed by atoms with Crippen molar-refractivity contribution in [1.29, 1.82) is 0 Å². The van der Waals surface area contributed by atoms with Gasteiger partial charge in [-0.3, -0.25) is 9.71 Å². The van der Waals surface area contributed by atoms with E-state index in [1.54, 1.807) is 42.7 Å². The molecule has 2 heterocycles. The van der Waals surface area contributed by atoms with Gasteiger partial charge in [0.05, 0.1) is 11.0 Å². The SMILES string of the molecule is O=S(=O)(Nc1ccc(CCNCC(O)c2cccnc2)cc1)c1ccc(-c2noc(CCc3ccccc3)n2)cc1. The van der Waals surface area contributed by atoms with Crippen LogP contribution in [0.3, 0.4) is 0 Å². The van der Waals surface area contributed by atoms with Crippen molar-refractivity contribution in [3.63, 3.8) is 0 Å². The van der Waals surface area contributed by atoms with Gasteiger partial charge < -0.3 is 14.9 Å². The lowest BCUT2D eigenvalue weighted by atomic mass is 10.1. The highest BCUT2D eigenvalue weighted by Gasteiger charge is 2.16. The van der Waals surface area contributed by atoms with Crippen LogP contribution in [0.15, 0.2) is 113 Å². The summed E-state index contributed by atoms with van der Waals surface area (Å²) < 4.78 is 33.9. The number of aromatic nitrogens is 3. The van der Waals surface area contributed by atoms with Crippen LogP contribution in [0.2, 0.25) is 0 Å². The maximum atomic E-state index is 13.0. The van der Waals surface area contributed by atoms with Crippen LogP contribution < -0.4 is 10.0 Å². The smallest absolute Gasteiger partial charge is 0.261 e. The number of sulfonamides is 1. The predicted molar refractivity (Wildman–Crippen MR) is 157 cm³/mol.